The van der Waals surface area contributed by atoms with Crippen LogP contribution >= 0.6 is 0 Å². The van der Waals surface area contributed by atoms with Gasteiger partial charge in [0, 0.05) is 31.2 Å². The summed E-state index contributed by atoms with van der Waals surface area (Å²) in [4.78, 5) is 21.6. The van der Waals surface area contributed by atoms with Gasteiger partial charge in [-0.25, -0.2) is 9.59 Å². The Morgan fingerprint density at radius 1 is 0.892 bits per heavy atom. The molecule has 1 heterocycles. The van der Waals surface area contributed by atoms with Crippen LogP contribution in [0.25, 0.3) is 0 Å². The summed E-state index contributed by atoms with van der Waals surface area (Å²) >= 11 is 0. The van der Waals surface area contributed by atoms with Gasteiger partial charge in [-0.15, -0.1) is 0 Å². The maximum absolute atomic E-state index is 9.55. The Bertz CT molecular complexity index is 1090. The number of ether oxygens (including phenoxy) is 2. The van der Waals surface area contributed by atoms with Crippen molar-refractivity contribution in [3.05, 3.63) is 114 Å². The Labute approximate surface area is 217 Å². The summed E-state index contributed by atoms with van der Waals surface area (Å²) in [6, 6.07) is 29.4. The Morgan fingerprint density at radius 2 is 1.43 bits per heavy atom. The molecule has 37 heavy (non-hydrogen) atoms. The van der Waals surface area contributed by atoms with E-state index in [4.69, 9.17) is 19.7 Å². The highest BCUT2D eigenvalue weighted by Gasteiger charge is 2.26. The fourth-order valence-corrected chi connectivity index (χ4v) is 4.38. The lowest BCUT2D eigenvalue weighted by molar-refractivity contribution is -0.134. The van der Waals surface area contributed by atoms with Crippen LogP contribution in [0.2, 0.25) is 0 Å². The zero-order valence-corrected chi connectivity index (χ0v) is 20.9. The average molecular weight is 504 g/mol. The molecule has 194 valence electrons. The highest BCUT2D eigenvalue weighted by Crippen LogP contribution is 2.33. The lowest BCUT2D eigenvalue weighted by Gasteiger charge is -2.22. The summed E-state index contributed by atoms with van der Waals surface area (Å²) < 4.78 is 12.0. The van der Waals surface area contributed by atoms with Crippen LogP contribution in [0.3, 0.4) is 0 Å². The van der Waals surface area contributed by atoms with Crippen molar-refractivity contribution in [1.29, 1.82) is 0 Å². The molecule has 0 saturated carbocycles. The first kappa shape index (κ1) is 27.6. The Morgan fingerprint density at radius 3 is 1.97 bits per heavy atom. The van der Waals surface area contributed by atoms with Crippen LogP contribution in [0.4, 0.5) is 0 Å². The smallest absolute Gasteiger partial charge is 0.328 e. The number of carboxylic acids is 2. The average Bonchev–Trinajstić information content (AvgIpc) is 3.40. The predicted molar refractivity (Wildman–Crippen MR) is 142 cm³/mol. The van der Waals surface area contributed by atoms with Gasteiger partial charge in [-0.05, 0) is 35.7 Å². The highest BCUT2D eigenvalue weighted by molar-refractivity contribution is 5.89. The Kier molecular flexibility index (Phi) is 10.9. The second kappa shape index (κ2) is 14.6. The van der Waals surface area contributed by atoms with Gasteiger partial charge in [0.2, 0.25) is 0 Å². The number of hydrogen-bond acceptors (Lipinski definition) is 5. The molecule has 7 nitrogen and oxygen atoms in total. The van der Waals surface area contributed by atoms with E-state index in [2.05, 4.69) is 71.6 Å². The largest absolute Gasteiger partial charge is 0.496 e. The van der Waals surface area contributed by atoms with Crippen LogP contribution in [0, 0.1) is 0 Å². The van der Waals surface area contributed by atoms with Crippen LogP contribution in [0.1, 0.15) is 35.1 Å². The molecular weight excluding hydrogens is 470 g/mol. The molecule has 1 atom stereocenters. The van der Waals surface area contributed by atoms with Crippen LogP contribution < -0.4 is 4.74 Å². The standard InChI is InChI=1S/C26H29NO2.C4H4O4/c1-28-25-15-9-8-14-24(25)23-16-17-27(20-23)18-19-29-26(21-10-4-2-5-11-21)22-12-6-3-7-13-22;5-3(6)1-2-4(7)8/h2-15,23,26H,16-20H2,1H3;1-2H,(H,5,6)(H,7,8)/b;2-1-. The molecule has 1 aliphatic rings. The number of hydrogen-bond donors (Lipinski definition) is 2. The molecule has 1 unspecified atom stereocenters. The maximum atomic E-state index is 9.55. The third-order valence-electron chi connectivity index (χ3n) is 6.12. The number of rotatable bonds is 10. The van der Waals surface area contributed by atoms with Crippen molar-refractivity contribution in [3.63, 3.8) is 0 Å². The Balaban J connectivity index is 0.000000414. The van der Waals surface area contributed by atoms with Crippen molar-refractivity contribution < 1.29 is 29.3 Å². The van der Waals surface area contributed by atoms with Gasteiger partial charge < -0.3 is 24.6 Å². The van der Waals surface area contributed by atoms with Crippen molar-refractivity contribution in [1.82, 2.24) is 4.90 Å². The highest BCUT2D eigenvalue weighted by atomic mass is 16.5. The van der Waals surface area contributed by atoms with Crippen molar-refractivity contribution in [2.45, 2.75) is 18.4 Å². The summed E-state index contributed by atoms with van der Waals surface area (Å²) in [5.74, 6) is -0.978. The summed E-state index contributed by atoms with van der Waals surface area (Å²) in [5.41, 5.74) is 3.73. The van der Waals surface area contributed by atoms with Gasteiger partial charge in [0.1, 0.15) is 11.9 Å². The predicted octanol–water partition coefficient (Wildman–Crippen LogP) is 5.00. The number of carboxylic acid groups (broad SMARTS) is 2. The summed E-state index contributed by atoms with van der Waals surface area (Å²) in [6.07, 6.45) is 2.26. The molecule has 0 aromatic heterocycles. The van der Waals surface area contributed by atoms with E-state index in [1.807, 2.05) is 18.2 Å². The van der Waals surface area contributed by atoms with E-state index in [0.29, 0.717) is 24.7 Å². The number of para-hydroxylation sites is 1. The SMILES string of the molecule is COc1ccccc1C1CCN(CCOC(c2ccccc2)c2ccccc2)C1.O=C(O)/C=C\C(=O)O. The van der Waals surface area contributed by atoms with E-state index >= 15 is 0 Å². The number of benzene rings is 3. The molecule has 2 N–H and O–H groups in total. The lowest BCUT2D eigenvalue weighted by atomic mass is 9.97. The molecule has 0 bridgehead atoms. The number of carbonyl (C=O) groups is 2. The first-order chi connectivity index (χ1) is 18.0. The third kappa shape index (κ3) is 8.90. The molecule has 1 saturated heterocycles. The second-order valence-electron chi connectivity index (χ2n) is 8.61. The molecule has 1 aliphatic heterocycles. The molecule has 0 spiro atoms. The summed E-state index contributed by atoms with van der Waals surface area (Å²) in [7, 11) is 1.76. The molecular formula is C30H33NO6. The normalized spacial score (nSPS) is 15.4. The summed E-state index contributed by atoms with van der Waals surface area (Å²) in [5, 5.41) is 15.6. The van der Waals surface area contributed by atoms with E-state index < -0.39 is 11.9 Å². The maximum Gasteiger partial charge on any atom is 0.328 e. The van der Waals surface area contributed by atoms with Gasteiger partial charge in [0.05, 0.1) is 13.7 Å². The molecule has 0 amide bonds. The van der Waals surface area contributed by atoms with Gasteiger partial charge in [0.15, 0.2) is 0 Å². The molecule has 3 aromatic rings. The lowest BCUT2D eigenvalue weighted by Crippen LogP contribution is -2.26. The van der Waals surface area contributed by atoms with Gasteiger partial charge in [0.25, 0.3) is 0 Å². The second-order valence-corrected chi connectivity index (χ2v) is 8.61. The van der Waals surface area contributed by atoms with Crippen LogP contribution in [0.5, 0.6) is 5.75 Å². The minimum Gasteiger partial charge on any atom is -0.496 e. The van der Waals surface area contributed by atoms with Crippen molar-refractivity contribution in [2.24, 2.45) is 0 Å². The van der Waals surface area contributed by atoms with E-state index in [0.717, 1.165) is 25.4 Å². The van der Waals surface area contributed by atoms with Crippen molar-refractivity contribution >= 4 is 11.9 Å². The topological polar surface area (TPSA) is 96.3 Å². The number of nitrogens with zero attached hydrogens (tertiary/aromatic N) is 1. The fourth-order valence-electron chi connectivity index (χ4n) is 4.38. The first-order valence-electron chi connectivity index (χ1n) is 12.2. The van der Waals surface area contributed by atoms with Crippen LogP contribution in [-0.4, -0.2) is 60.4 Å². The first-order valence-corrected chi connectivity index (χ1v) is 12.2. The number of likely N-dealkylation sites (tertiary alicyclic amines) is 1. The molecule has 7 heteroatoms. The van der Waals surface area contributed by atoms with E-state index in [-0.39, 0.29) is 6.10 Å². The van der Waals surface area contributed by atoms with Crippen molar-refractivity contribution in [2.75, 3.05) is 33.4 Å². The van der Waals surface area contributed by atoms with E-state index in [9.17, 15) is 9.59 Å². The third-order valence-corrected chi connectivity index (χ3v) is 6.12. The number of methoxy groups -OCH3 is 1. The molecule has 0 aliphatic carbocycles. The zero-order valence-electron chi connectivity index (χ0n) is 20.9. The van der Waals surface area contributed by atoms with Crippen molar-refractivity contribution in [3.8, 4) is 5.75 Å². The minimum absolute atomic E-state index is 0.0231. The van der Waals surface area contributed by atoms with Crippen LogP contribution in [0.15, 0.2) is 97.1 Å². The number of aliphatic carboxylic acids is 2. The molecule has 1 fully saturated rings. The van der Waals surface area contributed by atoms with Gasteiger partial charge in [-0.3, -0.25) is 0 Å². The fraction of sp³-hybridized carbons (Fsp3) is 0.267. The quantitative estimate of drug-likeness (QED) is 0.376. The van der Waals surface area contributed by atoms with Gasteiger partial charge in [-0.2, -0.15) is 0 Å². The Hall–Kier alpha value is -3.94. The van der Waals surface area contributed by atoms with Gasteiger partial charge >= 0.3 is 11.9 Å². The van der Waals surface area contributed by atoms with Crippen LogP contribution in [-0.2, 0) is 14.3 Å². The zero-order chi connectivity index (χ0) is 26.5. The summed E-state index contributed by atoms with van der Waals surface area (Å²) in [6.45, 7) is 3.83. The van der Waals surface area contributed by atoms with E-state index in [1.54, 1.807) is 7.11 Å². The molecule has 4 rings (SSSR count). The van der Waals surface area contributed by atoms with E-state index in [1.165, 1.54) is 23.1 Å². The monoisotopic (exact) mass is 503 g/mol. The van der Waals surface area contributed by atoms with Gasteiger partial charge in [-0.1, -0.05) is 78.9 Å². The molecule has 3 aromatic carbocycles. The minimum atomic E-state index is -1.26. The molecule has 0 radical (unpaired) electrons.